The van der Waals surface area contributed by atoms with Crippen molar-refractivity contribution < 1.29 is 4.52 Å². The Morgan fingerprint density at radius 3 is 2.71 bits per heavy atom. The first-order chi connectivity index (χ1) is 8.34. The molecule has 2 rings (SSSR count). The van der Waals surface area contributed by atoms with Crippen molar-refractivity contribution in [3.63, 3.8) is 0 Å². The topological polar surface area (TPSA) is 32.5 Å². The lowest BCUT2D eigenvalue weighted by atomic mass is 10.1. The van der Waals surface area contributed by atoms with Gasteiger partial charge in [-0.05, 0) is 32.9 Å². The van der Waals surface area contributed by atoms with Crippen LogP contribution in [0.3, 0.4) is 0 Å². The van der Waals surface area contributed by atoms with Crippen LogP contribution < -0.4 is 0 Å². The van der Waals surface area contributed by atoms with Crippen molar-refractivity contribution in [2.24, 2.45) is 0 Å². The van der Waals surface area contributed by atoms with Gasteiger partial charge in [0.15, 0.2) is 0 Å². The third kappa shape index (κ3) is 4.48. The summed E-state index contributed by atoms with van der Waals surface area (Å²) in [4.78, 5) is 4.98. The highest BCUT2D eigenvalue weighted by Gasteiger charge is 2.12. The molecule has 1 aliphatic rings. The Bertz CT molecular complexity index is 292. The highest BCUT2D eigenvalue weighted by atomic mass is 16.5. The number of rotatable bonds is 6. The summed E-state index contributed by atoms with van der Waals surface area (Å²) < 4.78 is 4.81. The molecular weight excluding hydrogens is 214 g/mol. The maximum atomic E-state index is 4.81. The molecule has 17 heavy (non-hydrogen) atoms. The normalized spacial score (nSPS) is 18.6. The summed E-state index contributed by atoms with van der Waals surface area (Å²) in [5.74, 6) is 0. The summed E-state index contributed by atoms with van der Waals surface area (Å²) in [7, 11) is 2.20. The van der Waals surface area contributed by atoms with Gasteiger partial charge < -0.3 is 14.3 Å². The van der Waals surface area contributed by atoms with Crippen LogP contribution in [0.15, 0.2) is 16.9 Å². The van der Waals surface area contributed by atoms with Crippen LogP contribution in [0.4, 0.5) is 0 Å². The van der Waals surface area contributed by atoms with Crippen molar-refractivity contribution in [3.8, 4) is 0 Å². The summed E-state index contributed by atoms with van der Waals surface area (Å²) in [6.07, 6.45) is 6.53. The van der Waals surface area contributed by atoms with Gasteiger partial charge in [-0.25, -0.2) is 0 Å². The molecular formula is C13H23N3O. The molecule has 1 aromatic heterocycles. The molecule has 0 atom stereocenters. The van der Waals surface area contributed by atoms with Crippen LogP contribution in [0.2, 0.25) is 0 Å². The van der Waals surface area contributed by atoms with Gasteiger partial charge in [-0.15, -0.1) is 0 Å². The lowest BCUT2D eigenvalue weighted by Gasteiger charge is -2.32. The minimum absolute atomic E-state index is 1.05. The van der Waals surface area contributed by atoms with Gasteiger partial charge in [-0.2, -0.15) is 0 Å². The fourth-order valence-corrected chi connectivity index (χ4v) is 2.26. The van der Waals surface area contributed by atoms with Crippen LogP contribution in [0.1, 0.15) is 25.0 Å². The molecule has 0 spiro atoms. The highest BCUT2D eigenvalue weighted by Crippen LogP contribution is 2.06. The molecule has 0 aromatic carbocycles. The number of unbranched alkanes of at least 4 members (excludes halogenated alkanes) is 2. The minimum Gasteiger partial charge on any atom is -0.365 e. The van der Waals surface area contributed by atoms with E-state index in [1.165, 1.54) is 52.0 Å². The summed E-state index contributed by atoms with van der Waals surface area (Å²) in [5.41, 5.74) is 1.09. The molecule has 4 heteroatoms. The third-order valence-electron chi connectivity index (χ3n) is 3.49. The van der Waals surface area contributed by atoms with E-state index in [1.807, 2.05) is 6.07 Å². The monoisotopic (exact) mass is 237 g/mol. The predicted molar refractivity (Wildman–Crippen MR) is 68.0 cm³/mol. The number of likely N-dealkylation sites (N-methyl/N-ethyl adjacent to an activating group) is 1. The maximum Gasteiger partial charge on any atom is 0.124 e. The van der Waals surface area contributed by atoms with E-state index in [4.69, 9.17) is 4.52 Å². The number of piperazine rings is 1. The zero-order valence-corrected chi connectivity index (χ0v) is 10.8. The van der Waals surface area contributed by atoms with E-state index >= 15 is 0 Å². The molecule has 1 aliphatic heterocycles. The Kier molecular flexibility index (Phi) is 5.01. The molecule has 1 saturated heterocycles. The summed E-state index contributed by atoms with van der Waals surface area (Å²) >= 11 is 0. The Morgan fingerprint density at radius 1 is 1.18 bits per heavy atom. The van der Waals surface area contributed by atoms with E-state index in [2.05, 4.69) is 22.0 Å². The van der Waals surface area contributed by atoms with Crippen LogP contribution >= 0.6 is 0 Å². The molecule has 1 aromatic rings. The van der Waals surface area contributed by atoms with Gasteiger partial charge in [-0.3, -0.25) is 0 Å². The molecule has 0 radical (unpaired) electrons. The van der Waals surface area contributed by atoms with Crippen molar-refractivity contribution in [1.82, 2.24) is 15.0 Å². The Morgan fingerprint density at radius 2 is 2.00 bits per heavy atom. The van der Waals surface area contributed by atoms with E-state index in [0.717, 1.165) is 12.1 Å². The molecule has 0 aliphatic carbocycles. The zero-order valence-electron chi connectivity index (χ0n) is 10.8. The predicted octanol–water partition coefficient (Wildman–Crippen LogP) is 1.63. The van der Waals surface area contributed by atoms with Gasteiger partial charge in [0.2, 0.25) is 0 Å². The van der Waals surface area contributed by atoms with Crippen molar-refractivity contribution in [2.75, 3.05) is 39.8 Å². The number of hydrogen-bond donors (Lipinski definition) is 0. The van der Waals surface area contributed by atoms with Crippen LogP contribution in [0.25, 0.3) is 0 Å². The second-order valence-corrected chi connectivity index (χ2v) is 4.95. The van der Waals surface area contributed by atoms with Gasteiger partial charge in [-0.1, -0.05) is 11.6 Å². The lowest BCUT2D eigenvalue weighted by Crippen LogP contribution is -2.44. The average molecular weight is 237 g/mol. The van der Waals surface area contributed by atoms with Gasteiger partial charge >= 0.3 is 0 Å². The van der Waals surface area contributed by atoms with Crippen molar-refractivity contribution in [2.45, 2.75) is 25.7 Å². The number of aromatic nitrogens is 1. The molecule has 4 nitrogen and oxygen atoms in total. The Labute approximate surface area is 104 Å². The van der Waals surface area contributed by atoms with Gasteiger partial charge in [0.25, 0.3) is 0 Å². The Hall–Kier alpha value is -0.870. The fraction of sp³-hybridized carbons (Fsp3) is 0.769. The molecule has 0 N–H and O–H groups in total. The zero-order chi connectivity index (χ0) is 11.9. The highest BCUT2D eigenvalue weighted by molar-refractivity contribution is 4.94. The molecule has 0 unspecified atom stereocenters. The lowest BCUT2D eigenvalue weighted by molar-refractivity contribution is 0.152. The minimum atomic E-state index is 1.05. The number of aryl methyl sites for hydroxylation is 1. The quantitative estimate of drug-likeness (QED) is 0.704. The average Bonchev–Trinajstić information content (AvgIpc) is 2.84. The van der Waals surface area contributed by atoms with E-state index in [9.17, 15) is 0 Å². The van der Waals surface area contributed by atoms with Crippen molar-refractivity contribution in [1.29, 1.82) is 0 Å². The van der Waals surface area contributed by atoms with E-state index in [1.54, 1.807) is 6.26 Å². The van der Waals surface area contributed by atoms with Gasteiger partial charge in [0, 0.05) is 32.2 Å². The van der Waals surface area contributed by atoms with E-state index in [-0.39, 0.29) is 0 Å². The molecule has 0 saturated carbocycles. The summed E-state index contributed by atoms with van der Waals surface area (Å²) in [5, 5.41) is 3.92. The first-order valence-electron chi connectivity index (χ1n) is 6.65. The van der Waals surface area contributed by atoms with Crippen LogP contribution in [-0.4, -0.2) is 54.7 Å². The smallest absolute Gasteiger partial charge is 0.124 e. The number of hydrogen-bond acceptors (Lipinski definition) is 4. The second kappa shape index (κ2) is 6.77. The first-order valence-corrected chi connectivity index (χ1v) is 6.65. The standard InChI is InChI=1S/C13H23N3O/c1-15-8-10-16(11-9-15)7-4-2-3-5-13-6-12-17-14-13/h6,12H,2-5,7-11H2,1H3. The van der Waals surface area contributed by atoms with Gasteiger partial charge in [0.05, 0.1) is 5.69 Å². The summed E-state index contributed by atoms with van der Waals surface area (Å²) in [6.45, 7) is 6.17. The first kappa shape index (κ1) is 12.6. The molecule has 0 bridgehead atoms. The maximum absolute atomic E-state index is 4.81. The largest absolute Gasteiger partial charge is 0.365 e. The van der Waals surface area contributed by atoms with Gasteiger partial charge in [0.1, 0.15) is 6.26 Å². The third-order valence-corrected chi connectivity index (χ3v) is 3.49. The van der Waals surface area contributed by atoms with E-state index in [0.29, 0.717) is 0 Å². The van der Waals surface area contributed by atoms with Crippen LogP contribution in [0, 0.1) is 0 Å². The van der Waals surface area contributed by atoms with E-state index < -0.39 is 0 Å². The van der Waals surface area contributed by atoms with Crippen LogP contribution in [-0.2, 0) is 6.42 Å². The molecule has 2 heterocycles. The molecule has 96 valence electrons. The summed E-state index contributed by atoms with van der Waals surface area (Å²) in [6, 6.07) is 1.96. The van der Waals surface area contributed by atoms with Crippen molar-refractivity contribution >= 4 is 0 Å². The molecule has 0 amide bonds. The van der Waals surface area contributed by atoms with Crippen LogP contribution in [0.5, 0.6) is 0 Å². The second-order valence-electron chi connectivity index (χ2n) is 4.95. The number of nitrogens with zero attached hydrogens (tertiary/aromatic N) is 3. The fourth-order valence-electron chi connectivity index (χ4n) is 2.26. The molecule has 1 fully saturated rings. The SMILES string of the molecule is CN1CCN(CCCCCc2ccon2)CC1. The Balaban J connectivity index is 1.49. The van der Waals surface area contributed by atoms with Crippen molar-refractivity contribution in [3.05, 3.63) is 18.0 Å².